The Hall–Kier alpha value is -2.29. The van der Waals surface area contributed by atoms with Crippen molar-refractivity contribution < 1.29 is 18.7 Å². The summed E-state index contributed by atoms with van der Waals surface area (Å²) in [6, 6.07) is 7.15. The maximum atomic E-state index is 14.7. The number of ketones is 1. The molecule has 2 fully saturated rings. The molecule has 3 heterocycles. The molecule has 7 nitrogen and oxygen atoms in total. The third-order valence-electron chi connectivity index (χ3n) is 5.75. The van der Waals surface area contributed by atoms with Crippen molar-refractivity contribution in [1.82, 2.24) is 9.97 Å². The minimum Gasteiger partial charge on any atom is -0.379 e. The molecule has 0 amide bonds. The number of benzene rings is 1. The molecule has 1 unspecified atom stereocenters. The van der Waals surface area contributed by atoms with Crippen molar-refractivity contribution in [1.29, 1.82) is 0 Å². The summed E-state index contributed by atoms with van der Waals surface area (Å²) in [5, 5.41) is 0.500. The topological polar surface area (TPSA) is 90.6 Å². The van der Waals surface area contributed by atoms with Crippen LogP contribution in [-0.2, 0) is 20.7 Å². The van der Waals surface area contributed by atoms with E-state index >= 15 is 0 Å². The van der Waals surface area contributed by atoms with Crippen LogP contribution < -0.4 is 10.6 Å². The molecule has 2 aromatic rings. The minimum absolute atomic E-state index is 0.0214. The number of rotatable bonds is 5. The van der Waals surface area contributed by atoms with Gasteiger partial charge >= 0.3 is 0 Å². The number of hydrogen-bond donors (Lipinski definition) is 1. The van der Waals surface area contributed by atoms with Crippen molar-refractivity contribution in [3.05, 3.63) is 46.1 Å². The van der Waals surface area contributed by atoms with Crippen LogP contribution in [0.25, 0.3) is 0 Å². The fraction of sp³-hybridized carbons (Fsp3) is 0.500. The molecule has 2 atom stereocenters. The number of carbonyl (C=O) groups excluding carboxylic acids is 1. The Morgan fingerprint density at radius 3 is 2.87 bits per heavy atom. The van der Waals surface area contributed by atoms with Gasteiger partial charge in [-0.1, -0.05) is 23.7 Å². The molecule has 4 rings (SSSR count). The molecule has 0 bridgehead atoms. The molecule has 0 spiro atoms. The van der Waals surface area contributed by atoms with Crippen LogP contribution in [0.3, 0.4) is 0 Å². The van der Waals surface area contributed by atoms with Crippen LogP contribution in [-0.4, -0.2) is 54.4 Å². The number of carbonyl (C=O) groups is 1. The van der Waals surface area contributed by atoms with Gasteiger partial charge in [0.25, 0.3) is 0 Å². The summed E-state index contributed by atoms with van der Waals surface area (Å²) >= 11 is 6.64. The number of aryl methyl sites for hydroxylation is 1. The Labute approximate surface area is 185 Å². The fourth-order valence-electron chi connectivity index (χ4n) is 4.09. The number of ether oxygens (including phenoxy) is 2. The van der Waals surface area contributed by atoms with E-state index in [0.29, 0.717) is 23.8 Å². The second-order valence-corrected chi connectivity index (χ2v) is 8.49. The Kier molecular flexibility index (Phi) is 6.41. The van der Waals surface area contributed by atoms with Gasteiger partial charge in [-0.15, -0.1) is 0 Å². The Bertz CT molecular complexity index is 948. The van der Waals surface area contributed by atoms with Gasteiger partial charge in [-0.3, -0.25) is 4.79 Å². The van der Waals surface area contributed by atoms with Crippen LogP contribution in [0.1, 0.15) is 35.7 Å². The second kappa shape index (κ2) is 9.06. The van der Waals surface area contributed by atoms with E-state index in [1.54, 1.807) is 6.07 Å². The van der Waals surface area contributed by atoms with Gasteiger partial charge in [0.1, 0.15) is 5.82 Å². The zero-order valence-corrected chi connectivity index (χ0v) is 18.2. The molecule has 2 aliphatic heterocycles. The fourth-order valence-corrected chi connectivity index (χ4v) is 4.41. The molecule has 0 radical (unpaired) electrons. The number of aromatic nitrogens is 2. The highest BCUT2D eigenvalue weighted by Gasteiger charge is 2.42. The number of nitrogens with zero attached hydrogens (tertiary/aromatic N) is 3. The number of halogens is 2. The van der Waals surface area contributed by atoms with Gasteiger partial charge in [-0.05, 0) is 30.5 Å². The lowest BCUT2D eigenvalue weighted by Crippen LogP contribution is -2.35. The zero-order valence-electron chi connectivity index (χ0n) is 17.4. The van der Waals surface area contributed by atoms with Gasteiger partial charge in [0.15, 0.2) is 11.5 Å². The summed E-state index contributed by atoms with van der Waals surface area (Å²) in [4.78, 5) is 23.1. The van der Waals surface area contributed by atoms with Crippen molar-refractivity contribution in [3.8, 4) is 0 Å². The molecule has 9 heteroatoms. The standard InChI is InChI=1S/C22H26ClFN4O3/c1-14-9-20(27-21(25)26-14)28-6-2-7-30-12-18(28)16-4-3-15(10-17(16)23)11-19(29)22(24)5-8-31-13-22/h3-4,9-10,18H,2,5-8,11-13H2,1H3,(H2,25,26,27)/t18-,22?/m1/s1. The number of nitrogens with two attached hydrogens (primary N) is 1. The van der Waals surface area contributed by atoms with E-state index in [9.17, 15) is 9.18 Å². The van der Waals surface area contributed by atoms with E-state index in [0.717, 1.165) is 30.0 Å². The minimum atomic E-state index is -1.90. The highest BCUT2D eigenvalue weighted by atomic mass is 35.5. The van der Waals surface area contributed by atoms with Crippen molar-refractivity contribution in [2.75, 3.05) is 43.6 Å². The summed E-state index contributed by atoms with van der Waals surface area (Å²) in [6.07, 6.45) is 0.921. The van der Waals surface area contributed by atoms with Gasteiger partial charge in [0.05, 0.1) is 25.9 Å². The third-order valence-corrected chi connectivity index (χ3v) is 6.08. The number of anilines is 2. The summed E-state index contributed by atoms with van der Waals surface area (Å²) < 4.78 is 25.5. The first-order chi connectivity index (χ1) is 14.9. The van der Waals surface area contributed by atoms with Crippen molar-refractivity contribution in [2.24, 2.45) is 0 Å². The lowest BCUT2D eigenvalue weighted by molar-refractivity contribution is -0.129. The quantitative estimate of drug-likeness (QED) is 0.750. The van der Waals surface area contributed by atoms with Crippen molar-refractivity contribution >= 4 is 29.2 Å². The largest absolute Gasteiger partial charge is 0.379 e. The van der Waals surface area contributed by atoms with E-state index in [4.69, 9.17) is 26.8 Å². The number of Topliss-reactive ketones (excluding diaryl/α,β-unsaturated/α-hetero) is 1. The molecule has 0 aliphatic carbocycles. The van der Waals surface area contributed by atoms with Crippen LogP contribution in [0, 0.1) is 6.92 Å². The van der Waals surface area contributed by atoms with E-state index in [2.05, 4.69) is 14.9 Å². The Balaban J connectivity index is 1.59. The molecular formula is C22H26ClFN4O3. The highest BCUT2D eigenvalue weighted by molar-refractivity contribution is 6.31. The monoisotopic (exact) mass is 448 g/mol. The van der Waals surface area contributed by atoms with Crippen LogP contribution >= 0.6 is 11.6 Å². The smallest absolute Gasteiger partial charge is 0.222 e. The second-order valence-electron chi connectivity index (χ2n) is 8.09. The first kappa shape index (κ1) is 21.9. The average molecular weight is 449 g/mol. The molecule has 0 saturated carbocycles. The number of alkyl halides is 1. The van der Waals surface area contributed by atoms with Crippen molar-refractivity contribution in [3.63, 3.8) is 0 Å². The molecule has 1 aromatic carbocycles. The van der Waals surface area contributed by atoms with E-state index in [1.807, 2.05) is 25.1 Å². The maximum absolute atomic E-state index is 14.7. The average Bonchev–Trinajstić information content (AvgIpc) is 3.02. The normalized spacial score (nSPS) is 24.2. The lowest BCUT2D eigenvalue weighted by atomic mass is 9.93. The lowest BCUT2D eigenvalue weighted by Gasteiger charge is -2.31. The van der Waals surface area contributed by atoms with Crippen LogP contribution in [0.5, 0.6) is 0 Å². The van der Waals surface area contributed by atoms with Gasteiger partial charge in [0.2, 0.25) is 5.95 Å². The maximum Gasteiger partial charge on any atom is 0.222 e. The predicted molar refractivity (Wildman–Crippen MR) is 116 cm³/mol. The summed E-state index contributed by atoms with van der Waals surface area (Å²) in [5.41, 5.74) is 6.28. The first-order valence-electron chi connectivity index (χ1n) is 10.4. The SMILES string of the molecule is Cc1cc(N2CCCOC[C@@H]2c2ccc(CC(=O)C3(F)CCOC3)cc2Cl)nc(N)n1. The number of nitrogen functional groups attached to an aromatic ring is 1. The molecule has 2 saturated heterocycles. The van der Waals surface area contributed by atoms with E-state index < -0.39 is 11.5 Å². The Morgan fingerprint density at radius 2 is 2.16 bits per heavy atom. The summed E-state index contributed by atoms with van der Waals surface area (Å²) in [5.74, 6) is 0.464. The molecule has 31 heavy (non-hydrogen) atoms. The predicted octanol–water partition coefficient (Wildman–Crippen LogP) is 3.23. The Morgan fingerprint density at radius 1 is 1.32 bits per heavy atom. The first-order valence-corrected chi connectivity index (χ1v) is 10.8. The molecule has 1 aromatic heterocycles. The van der Waals surface area contributed by atoms with Crippen LogP contribution in [0.2, 0.25) is 5.02 Å². The van der Waals surface area contributed by atoms with Gasteiger partial charge in [0, 0.05) is 42.8 Å². The van der Waals surface area contributed by atoms with Gasteiger partial charge in [-0.2, -0.15) is 4.98 Å². The molecule has 2 aliphatic rings. The molecule has 2 N–H and O–H groups in total. The third kappa shape index (κ3) is 4.81. The van der Waals surface area contributed by atoms with Crippen molar-refractivity contribution in [2.45, 2.75) is 37.9 Å². The van der Waals surface area contributed by atoms with E-state index in [-0.39, 0.29) is 38.0 Å². The van der Waals surface area contributed by atoms with Gasteiger partial charge < -0.3 is 20.1 Å². The molecule has 166 valence electrons. The van der Waals surface area contributed by atoms with Gasteiger partial charge in [-0.25, -0.2) is 9.37 Å². The number of hydrogen-bond acceptors (Lipinski definition) is 7. The summed E-state index contributed by atoms with van der Waals surface area (Å²) in [6.45, 7) is 3.77. The molecular weight excluding hydrogens is 423 g/mol. The van der Waals surface area contributed by atoms with Crippen LogP contribution in [0.15, 0.2) is 24.3 Å². The zero-order chi connectivity index (χ0) is 22.0. The summed E-state index contributed by atoms with van der Waals surface area (Å²) in [7, 11) is 0. The van der Waals surface area contributed by atoms with Crippen LogP contribution in [0.4, 0.5) is 16.2 Å². The van der Waals surface area contributed by atoms with E-state index in [1.165, 1.54) is 0 Å². The highest BCUT2D eigenvalue weighted by Crippen LogP contribution is 2.34.